The molecule has 2 aromatic rings. The fourth-order valence-electron chi connectivity index (χ4n) is 2.47. The Morgan fingerprint density at radius 3 is 1.70 bits per heavy atom. The molecule has 8 nitrogen and oxygen atoms in total. The number of imide groups is 1. The van der Waals surface area contributed by atoms with Crippen molar-refractivity contribution in [3.05, 3.63) is 71.8 Å². The molecule has 1 aliphatic rings. The van der Waals surface area contributed by atoms with Gasteiger partial charge in [-0.3, -0.25) is 10.1 Å². The lowest BCUT2D eigenvalue weighted by molar-refractivity contribution is -0.160. The number of hydrogen-bond donors (Lipinski definition) is 5. The molecule has 3 amide bonds. The van der Waals surface area contributed by atoms with Gasteiger partial charge in [-0.2, -0.15) is 0 Å². The van der Waals surface area contributed by atoms with Gasteiger partial charge >= 0.3 is 12.0 Å². The van der Waals surface area contributed by atoms with Gasteiger partial charge in [0.2, 0.25) is 0 Å². The zero-order valence-corrected chi connectivity index (χ0v) is 14.5. The van der Waals surface area contributed by atoms with Crippen LogP contribution >= 0.6 is 0 Å². The van der Waals surface area contributed by atoms with Crippen molar-refractivity contribution >= 4 is 17.9 Å². The quantitative estimate of drug-likeness (QED) is 0.498. The Hall–Kier alpha value is -3.23. The largest absolute Gasteiger partial charge is 0.479 e. The highest BCUT2D eigenvalue weighted by Gasteiger charge is 2.48. The standard InChI is InChI=1S/C15H12N2O2.C4H8O4/c18-13-15(17-14(19)16-13,11-7-3-1-4-8-11)12-9-5-2-6-10-12;1-4(8,2-5)3(6)7/h1-10H,(H2,16,17,18,19);5,8H,2H2,1H3,(H,6,7). The summed E-state index contributed by atoms with van der Waals surface area (Å²) in [7, 11) is 0. The van der Waals surface area contributed by atoms with Gasteiger partial charge in [0.15, 0.2) is 11.1 Å². The van der Waals surface area contributed by atoms with Crippen molar-refractivity contribution < 1.29 is 29.7 Å². The highest BCUT2D eigenvalue weighted by atomic mass is 16.4. The molecule has 8 heteroatoms. The van der Waals surface area contributed by atoms with Crippen LogP contribution in [0.5, 0.6) is 0 Å². The summed E-state index contributed by atoms with van der Waals surface area (Å²) in [5, 5.41) is 29.8. The summed E-state index contributed by atoms with van der Waals surface area (Å²) in [6, 6.07) is 18.0. The summed E-state index contributed by atoms with van der Waals surface area (Å²) in [6.07, 6.45) is 0. The number of nitrogens with one attached hydrogen (secondary N) is 2. The van der Waals surface area contributed by atoms with Crippen molar-refractivity contribution in [1.29, 1.82) is 0 Å². The van der Waals surface area contributed by atoms with Crippen LogP contribution in [-0.2, 0) is 15.1 Å². The second kappa shape index (κ2) is 7.98. The molecule has 0 bridgehead atoms. The zero-order valence-electron chi connectivity index (χ0n) is 14.5. The van der Waals surface area contributed by atoms with Gasteiger partial charge in [0, 0.05) is 0 Å². The van der Waals surface area contributed by atoms with E-state index in [1.165, 1.54) is 0 Å². The minimum Gasteiger partial charge on any atom is -0.479 e. The van der Waals surface area contributed by atoms with E-state index in [9.17, 15) is 14.4 Å². The summed E-state index contributed by atoms with van der Waals surface area (Å²) < 4.78 is 0. The summed E-state index contributed by atoms with van der Waals surface area (Å²) in [4.78, 5) is 33.7. The van der Waals surface area contributed by atoms with E-state index in [0.717, 1.165) is 18.1 Å². The lowest BCUT2D eigenvalue weighted by Gasteiger charge is -2.27. The Morgan fingerprint density at radius 1 is 1.00 bits per heavy atom. The number of carboxylic acid groups (broad SMARTS) is 1. The third kappa shape index (κ3) is 4.13. The molecule has 1 aliphatic heterocycles. The minimum absolute atomic E-state index is 0.352. The maximum atomic E-state index is 12.3. The molecular formula is C19H20N2O6. The van der Waals surface area contributed by atoms with Gasteiger partial charge in [-0.05, 0) is 18.1 Å². The summed E-state index contributed by atoms with van der Waals surface area (Å²) >= 11 is 0. The molecule has 2 aromatic carbocycles. The first kappa shape index (κ1) is 20.1. The van der Waals surface area contributed by atoms with Crippen molar-refractivity contribution in [3.63, 3.8) is 0 Å². The number of aliphatic hydroxyl groups excluding tert-OH is 1. The SMILES string of the molecule is CC(O)(CO)C(=O)O.O=C1NC(=O)C(c2ccccc2)(c2ccccc2)N1. The third-order valence-corrected chi connectivity index (χ3v) is 4.05. The number of carboxylic acids is 1. The summed E-state index contributed by atoms with van der Waals surface area (Å²) in [5.41, 5.74) is -1.64. The Labute approximate surface area is 155 Å². The van der Waals surface area contributed by atoms with Gasteiger partial charge in [-0.15, -0.1) is 0 Å². The fourth-order valence-corrected chi connectivity index (χ4v) is 2.47. The lowest BCUT2D eigenvalue weighted by atomic mass is 9.83. The molecule has 1 fully saturated rings. The van der Waals surface area contributed by atoms with Gasteiger partial charge in [0.1, 0.15) is 0 Å². The molecule has 1 heterocycles. The predicted octanol–water partition coefficient (Wildman–Crippen LogP) is 0.584. The van der Waals surface area contributed by atoms with Gasteiger partial charge in [-0.25, -0.2) is 9.59 Å². The van der Waals surface area contributed by atoms with E-state index in [-0.39, 0.29) is 5.91 Å². The number of aliphatic hydroxyl groups is 2. The Balaban J connectivity index is 0.000000279. The number of urea groups is 1. The zero-order chi connectivity index (χ0) is 20.1. The Kier molecular flexibility index (Phi) is 5.94. The van der Waals surface area contributed by atoms with E-state index >= 15 is 0 Å². The van der Waals surface area contributed by atoms with Crippen molar-refractivity contribution in [2.24, 2.45) is 0 Å². The molecular weight excluding hydrogens is 352 g/mol. The van der Waals surface area contributed by atoms with Crippen LogP contribution < -0.4 is 10.6 Å². The average Bonchev–Trinajstić information content (AvgIpc) is 2.98. The molecule has 0 saturated carbocycles. The monoisotopic (exact) mass is 372 g/mol. The molecule has 0 aliphatic carbocycles. The lowest BCUT2D eigenvalue weighted by Crippen LogP contribution is -2.44. The summed E-state index contributed by atoms with van der Waals surface area (Å²) in [6.45, 7) is 0.262. The third-order valence-electron chi connectivity index (χ3n) is 4.05. The smallest absolute Gasteiger partial charge is 0.337 e. The molecule has 142 valence electrons. The normalized spacial score (nSPS) is 17.0. The fraction of sp³-hybridized carbons (Fsp3) is 0.211. The average molecular weight is 372 g/mol. The molecule has 0 radical (unpaired) electrons. The van der Waals surface area contributed by atoms with Crippen molar-refractivity contribution in [1.82, 2.24) is 10.6 Å². The number of rotatable bonds is 4. The first-order chi connectivity index (χ1) is 12.7. The second-order valence-corrected chi connectivity index (χ2v) is 6.13. The second-order valence-electron chi connectivity index (χ2n) is 6.13. The van der Waals surface area contributed by atoms with Crippen LogP contribution in [0.25, 0.3) is 0 Å². The summed E-state index contributed by atoms with van der Waals surface area (Å²) in [5.74, 6) is -1.77. The number of carbonyl (C=O) groups excluding carboxylic acids is 2. The van der Waals surface area contributed by atoms with E-state index < -0.39 is 29.7 Å². The molecule has 1 atom stereocenters. The molecule has 27 heavy (non-hydrogen) atoms. The van der Waals surface area contributed by atoms with Crippen molar-refractivity contribution in [2.75, 3.05) is 6.61 Å². The molecule has 1 saturated heterocycles. The maximum absolute atomic E-state index is 12.3. The van der Waals surface area contributed by atoms with Crippen molar-refractivity contribution in [3.8, 4) is 0 Å². The number of benzene rings is 2. The van der Waals surface area contributed by atoms with Gasteiger partial charge in [0.05, 0.1) is 6.61 Å². The first-order valence-corrected chi connectivity index (χ1v) is 8.05. The van der Waals surface area contributed by atoms with Crippen LogP contribution in [-0.4, -0.2) is 45.4 Å². The minimum atomic E-state index is -1.99. The van der Waals surface area contributed by atoms with E-state index in [1.807, 2.05) is 60.7 Å². The van der Waals surface area contributed by atoms with E-state index in [1.54, 1.807) is 0 Å². The van der Waals surface area contributed by atoms with Crippen molar-refractivity contribution in [2.45, 2.75) is 18.1 Å². The first-order valence-electron chi connectivity index (χ1n) is 8.05. The van der Waals surface area contributed by atoms with Gasteiger partial charge in [0.25, 0.3) is 5.91 Å². The Bertz CT molecular complexity index is 781. The van der Waals surface area contributed by atoms with Crippen LogP contribution in [0, 0.1) is 0 Å². The molecule has 3 rings (SSSR count). The number of amides is 3. The molecule has 5 N–H and O–H groups in total. The van der Waals surface area contributed by atoms with Crippen LogP contribution in [0.4, 0.5) is 4.79 Å². The molecule has 0 aromatic heterocycles. The highest BCUT2D eigenvalue weighted by molar-refractivity contribution is 6.09. The van der Waals surface area contributed by atoms with E-state index in [4.69, 9.17) is 15.3 Å². The predicted molar refractivity (Wildman–Crippen MR) is 95.7 cm³/mol. The Morgan fingerprint density at radius 2 is 1.44 bits per heavy atom. The van der Waals surface area contributed by atoms with Gasteiger partial charge < -0.3 is 20.6 Å². The van der Waals surface area contributed by atoms with Crippen LogP contribution in [0.2, 0.25) is 0 Å². The highest BCUT2D eigenvalue weighted by Crippen LogP contribution is 2.32. The number of aliphatic carboxylic acids is 1. The topological polar surface area (TPSA) is 136 Å². The van der Waals surface area contributed by atoms with Gasteiger partial charge in [-0.1, -0.05) is 60.7 Å². The van der Waals surface area contributed by atoms with Crippen LogP contribution in [0.15, 0.2) is 60.7 Å². The van der Waals surface area contributed by atoms with E-state index in [0.29, 0.717) is 0 Å². The van der Waals surface area contributed by atoms with Crippen LogP contribution in [0.1, 0.15) is 18.1 Å². The van der Waals surface area contributed by atoms with E-state index in [2.05, 4.69) is 10.6 Å². The van der Waals surface area contributed by atoms with Crippen LogP contribution in [0.3, 0.4) is 0 Å². The maximum Gasteiger partial charge on any atom is 0.337 e. The molecule has 1 unspecified atom stereocenters. The molecule has 0 spiro atoms. The number of carbonyl (C=O) groups is 3. The number of hydrogen-bond acceptors (Lipinski definition) is 5.